The summed E-state index contributed by atoms with van der Waals surface area (Å²) in [7, 11) is 1.55. The summed E-state index contributed by atoms with van der Waals surface area (Å²) < 4.78 is 24.6. The normalized spacial score (nSPS) is 24.0. The number of hydrogen-bond donors (Lipinski definition) is 1. The standard InChI is InChI=1S/C17H22FNO4/c1-22-13-2-3-15(18)12(8-13)9-19-10-14(16(20)21)17(11-19)4-6-23-7-5-17/h2-3,8,14H,4-7,9-11H2,1H3,(H,20,21). The maximum absolute atomic E-state index is 14.0. The van der Waals surface area contributed by atoms with E-state index in [1.807, 2.05) is 4.90 Å². The number of benzene rings is 1. The predicted octanol–water partition coefficient (Wildman–Crippen LogP) is 2.15. The minimum absolute atomic E-state index is 0.251. The molecular weight excluding hydrogens is 301 g/mol. The van der Waals surface area contributed by atoms with Gasteiger partial charge in [0.25, 0.3) is 0 Å². The van der Waals surface area contributed by atoms with Gasteiger partial charge in [0.05, 0.1) is 13.0 Å². The summed E-state index contributed by atoms with van der Waals surface area (Å²) in [5.41, 5.74) is 0.289. The molecule has 1 atom stereocenters. The first-order valence-corrected chi connectivity index (χ1v) is 7.89. The number of carboxylic acids is 1. The molecule has 0 bridgehead atoms. The number of rotatable bonds is 4. The quantitative estimate of drug-likeness (QED) is 0.920. The molecule has 0 aromatic heterocycles. The minimum Gasteiger partial charge on any atom is -0.497 e. The molecule has 2 fully saturated rings. The van der Waals surface area contributed by atoms with Crippen molar-refractivity contribution in [1.29, 1.82) is 0 Å². The molecule has 1 unspecified atom stereocenters. The number of likely N-dealkylation sites (tertiary alicyclic amines) is 1. The van der Waals surface area contributed by atoms with E-state index in [0.717, 1.165) is 12.8 Å². The van der Waals surface area contributed by atoms with E-state index in [4.69, 9.17) is 9.47 Å². The minimum atomic E-state index is -0.763. The van der Waals surface area contributed by atoms with Gasteiger partial charge < -0.3 is 14.6 Å². The van der Waals surface area contributed by atoms with Crippen LogP contribution in [0.1, 0.15) is 18.4 Å². The van der Waals surface area contributed by atoms with E-state index < -0.39 is 11.9 Å². The maximum atomic E-state index is 14.0. The largest absolute Gasteiger partial charge is 0.497 e. The second kappa shape index (κ2) is 6.45. The molecule has 1 aromatic rings. The van der Waals surface area contributed by atoms with Crippen molar-refractivity contribution in [2.45, 2.75) is 19.4 Å². The summed E-state index contributed by atoms with van der Waals surface area (Å²) in [5.74, 6) is -0.859. The zero-order valence-corrected chi connectivity index (χ0v) is 13.3. The highest BCUT2D eigenvalue weighted by atomic mass is 19.1. The van der Waals surface area contributed by atoms with Gasteiger partial charge >= 0.3 is 5.97 Å². The van der Waals surface area contributed by atoms with Crippen LogP contribution in [0.25, 0.3) is 0 Å². The van der Waals surface area contributed by atoms with Crippen molar-refractivity contribution in [3.05, 3.63) is 29.6 Å². The van der Waals surface area contributed by atoms with Crippen molar-refractivity contribution >= 4 is 5.97 Å². The van der Waals surface area contributed by atoms with Gasteiger partial charge in [0.2, 0.25) is 0 Å². The fourth-order valence-corrected chi connectivity index (χ4v) is 3.86. The van der Waals surface area contributed by atoms with Crippen LogP contribution in [0.2, 0.25) is 0 Å². The SMILES string of the molecule is COc1ccc(F)c(CN2CC(C(=O)O)C3(CCOCC3)C2)c1. The third-order valence-corrected chi connectivity index (χ3v) is 5.15. The molecule has 0 radical (unpaired) electrons. The van der Waals surface area contributed by atoms with Gasteiger partial charge in [0.1, 0.15) is 11.6 Å². The Morgan fingerprint density at radius 1 is 1.48 bits per heavy atom. The van der Waals surface area contributed by atoms with Crippen LogP contribution in [0.4, 0.5) is 4.39 Å². The molecule has 23 heavy (non-hydrogen) atoms. The Kier molecular flexibility index (Phi) is 4.55. The van der Waals surface area contributed by atoms with Crippen LogP contribution >= 0.6 is 0 Å². The Bertz CT molecular complexity index is 586. The lowest BCUT2D eigenvalue weighted by molar-refractivity contribution is -0.147. The van der Waals surface area contributed by atoms with Crippen LogP contribution in [0, 0.1) is 17.2 Å². The molecule has 1 spiro atoms. The van der Waals surface area contributed by atoms with Gasteiger partial charge in [-0.25, -0.2) is 4.39 Å². The average Bonchev–Trinajstić information content (AvgIpc) is 2.88. The van der Waals surface area contributed by atoms with Crippen LogP contribution in [0.15, 0.2) is 18.2 Å². The summed E-state index contributed by atoms with van der Waals surface area (Å²) in [5, 5.41) is 9.59. The van der Waals surface area contributed by atoms with E-state index in [9.17, 15) is 14.3 Å². The molecule has 2 saturated heterocycles. The molecule has 2 aliphatic rings. The molecular formula is C17H22FNO4. The second-order valence-electron chi connectivity index (χ2n) is 6.49. The smallest absolute Gasteiger partial charge is 0.308 e. The molecule has 2 heterocycles. The lowest BCUT2D eigenvalue weighted by Crippen LogP contribution is -2.40. The van der Waals surface area contributed by atoms with Gasteiger partial charge in [-0.05, 0) is 31.0 Å². The number of carboxylic acid groups (broad SMARTS) is 1. The number of ether oxygens (including phenoxy) is 2. The fraction of sp³-hybridized carbons (Fsp3) is 0.588. The molecule has 2 aliphatic heterocycles. The van der Waals surface area contributed by atoms with Crippen molar-refractivity contribution in [1.82, 2.24) is 4.90 Å². The van der Waals surface area contributed by atoms with Crippen LogP contribution in [0.5, 0.6) is 5.75 Å². The lowest BCUT2D eigenvalue weighted by Gasteiger charge is -2.36. The first kappa shape index (κ1) is 16.2. The van der Waals surface area contributed by atoms with Crippen LogP contribution in [0.3, 0.4) is 0 Å². The maximum Gasteiger partial charge on any atom is 0.308 e. The van der Waals surface area contributed by atoms with Gasteiger partial charge in [-0.1, -0.05) is 0 Å². The number of halogens is 1. The Morgan fingerprint density at radius 3 is 2.87 bits per heavy atom. The van der Waals surface area contributed by atoms with Crippen LogP contribution < -0.4 is 4.74 Å². The van der Waals surface area contributed by atoms with Crippen molar-refractivity contribution in [2.75, 3.05) is 33.4 Å². The summed E-state index contributed by atoms with van der Waals surface area (Å²) >= 11 is 0. The van der Waals surface area contributed by atoms with E-state index in [1.165, 1.54) is 6.07 Å². The number of hydrogen-bond acceptors (Lipinski definition) is 4. The Hall–Kier alpha value is -1.66. The Balaban J connectivity index is 1.78. The van der Waals surface area contributed by atoms with E-state index in [-0.39, 0.29) is 11.2 Å². The molecule has 0 aliphatic carbocycles. The van der Waals surface area contributed by atoms with Crippen molar-refractivity contribution in [2.24, 2.45) is 11.3 Å². The van der Waals surface area contributed by atoms with Gasteiger partial charge in [-0.3, -0.25) is 9.69 Å². The third-order valence-electron chi connectivity index (χ3n) is 5.15. The highest BCUT2D eigenvalue weighted by Crippen LogP contribution is 2.44. The second-order valence-corrected chi connectivity index (χ2v) is 6.49. The van der Waals surface area contributed by atoms with Gasteiger partial charge in [-0.15, -0.1) is 0 Å². The number of aliphatic carboxylic acids is 1. The number of carbonyl (C=O) groups is 1. The molecule has 5 nitrogen and oxygen atoms in total. The van der Waals surface area contributed by atoms with Gasteiger partial charge in [-0.2, -0.15) is 0 Å². The molecule has 3 rings (SSSR count). The van der Waals surface area contributed by atoms with Crippen LogP contribution in [-0.4, -0.2) is 49.4 Å². The molecule has 6 heteroatoms. The average molecular weight is 323 g/mol. The summed E-state index contributed by atoms with van der Waals surface area (Å²) in [6.07, 6.45) is 1.50. The van der Waals surface area contributed by atoms with E-state index in [1.54, 1.807) is 19.2 Å². The summed E-state index contributed by atoms with van der Waals surface area (Å²) in [4.78, 5) is 13.7. The van der Waals surface area contributed by atoms with E-state index in [0.29, 0.717) is 44.2 Å². The lowest BCUT2D eigenvalue weighted by atomic mass is 9.72. The van der Waals surface area contributed by atoms with E-state index >= 15 is 0 Å². The molecule has 0 amide bonds. The number of methoxy groups -OCH3 is 1. The molecule has 1 aromatic carbocycles. The fourth-order valence-electron chi connectivity index (χ4n) is 3.86. The first-order valence-electron chi connectivity index (χ1n) is 7.89. The third kappa shape index (κ3) is 3.19. The monoisotopic (exact) mass is 323 g/mol. The zero-order valence-electron chi connectivity index (χ0n) is 13.3. The highest BCUT2D eigenvalue weighted by molar-refractivity contribution is 5.72. The zero-order chi connectivity index (χ0) is 16.4. The van der Waals surface area contributed by atoms with Crippen molar-refractivity contribution in [3.8, 4) is 5.75 Å². The molecule has 1 N–H and O–H groups in total. The van der Waals surface area contributed by atoms with Gasteiger partial charge in [0.15, 0.2) is 0 Å². The molecule has 0 saturated carbocycles. The Labute approximate surface area is 135 Å². The summed E-state index contributed by atoms with van der Waals surface area (Å²) in [6.45, 7) is 2.72. The van der Waals surface area contributed by atoms with Crippen LogP contribution in [-0.2, 0) is 16.1 Å². The number of nitrogens with zero attached hydrogens (tertiary/aromatic N) is 1. The van der Waals surface area contributed by atoms with Gasteiger partial charge in [0, 0.05) is 43.8 Å². The van der Waals surface area contributed by atoms with Crippen molar-refractivity contribution in [3.63, 3.8) is 0 Å². The predicted molar refractivity (Wildman–Crippen MR) is 81.8 cm³/mol. The van der Waals surface area contributed by atoms with E-state index in [2.05, 4.69) is 0 Å². The highest BCUT2D eigenvalue weighted by Gasteiger charge is 2.50. The summed E-state index contributed by atoms with van der Waals surface area (Å²) in [6, 6.07) is 4.66. The van der Waals surface area contributed by atoms with Crippen molar-refractivity contribution < 1.29 is 23.8 Å². The Morgan fingerprint density at radius 2 is 2.22 bits per heavy atom. The topological polar surface area (TPSA) is 59.0 Å². The molecule has 126 valence electrons. The first-order chi connectivity index (χ1) is 11.0.